The summed E-state index contributed by atoms with van der Waals surface area (Å²) in [5.74, 6) is -0.940. The molecule has 2 aromatic carbocycles. The maximum Gasteiger partial charge on any atom is 0.146 e. The average Bonchev–Trinajstić information content (AvgIpc) is 2.35. The van der Waals surface area contributed by atoms with E-state index in [4.69, 9.17) is 17.3 Å². The zero-order valence-corrected chi connectivity index (χ0v) is 11.5. The van der Waals surface area contributed by atoms with Gasteiger partial charge < -0.3 is 5.73 Å². The molecule has 2 aromatic rings. The summed E-state index contributed by atoms with van der Waals surface area (Å²) in [5, 5.41) is 0.0177. The van der Waals surface area contributed by atoms with E-state index in [0.29, 0.717) is 5.56 Å². The molecule has 0 fully saturated rings. The predicted octanol–water partition coefficient (Wildman–Crippen LogP) is 4.43. The Hall–Kier alpha value is -0.970. The highest BCUT2D eigenvalue weighted by Gasteiger charge is 2.16. The van der Waals surface area contributed by atoms with Crippen molar-refractivity contribution in [3.05, 3.63) is 68.7 Å². The molecular formula is C13H9BrClF2N. The monoisotopic (exact) mass is 331 g/mol. The van der Waals surface area contributed by atoms with E-state index < -0.39 is 17.7 Å². The summed E-state index contributed by atoms with van der Waals surface area (Å²) in [4.78, 5) is 0. The maximum atomic E-state index is 13.8. The van der Waals surface area contributed by atoms with E-state index in [1.807, 2.05) is 0 Å². The molecule has 1 nitrogen and oxygen atoms in total. The Bertz CT molecular complexity index is 589. The van der Waals surface area contributed by atoms with Gasteiger partial charge >= 0.3 is 0 Å². The van der Waals surface area contributed by atoms with Crippen LogP contribution in [-0.2, 0) is 0 Å². The van der Waals surface area contributed by atoms with Crippen molar-refractivity contribution in [2.75, 3.05) is 0 Å². The maximum absolute atomic E-state index is 13.8. The Kier molecular flexibility index (Phi) is 4.00. The van der Waals surface area contributed by atoms with Gasteiger partial charge in [0, 0.05) is 5.56 Å². The van der Waals surface area contributed by atoms with Crippen LogP contribution in [0.2, 0.25) is 5.02 Å². The van der Waals surface area contributed by atoms with Gasteiger partial charge in [0.2, 0.25) is 0 Å². The molecule has 0 radical (unpaired) electrons. The largest absolute Gasteiger partial charge is 0.320 e. The van der Waals surface area contributed by atoms with Crippen LogP contribution >= 0.6 is 27.5 Å². The molecule has 0 aliphatic carbocycles. The van der Waals surface area contributed by atoms with Gasteiger partial charge in [0.05, 0.1) is 15.5 Å². The fourth-order valence-electron chi connectivity index (χ4n) is 1.65. The third-order valence-corrected chi connectivity index (χ3v) is 3.52. The van der Waals surface area contributed by atoms with E-state index in [2.05, 4.69) is 15.9 Å². The lowest BCUT2D eigenvalue weighted by molar-refractivity contribution is 0.598. The van der Waals surface area contributed by atoms with Crippen molar-refractivity contribution in [3.63, 3.8) is 0 Å². The van der Waals surface area contributed by atoms with E-state index in [9.17, 15) is 8.78 Å². The topological polar surface area (TPSA) is 26.0 Å². The predicted molar refractivity (Wildman–Crippen MR) is 71.5 cm³/mol. The molecule has 94 valence electrons. The van der Waals surface area contributed by atoms with Gasteiger partial charge in [-0.05, 0) is 39.7 Å². The first-order valence-electron chi connectivity index (χ1n) is 5.15. The molecule has 0 heterocycles. The molecule has 0 spiro atoms. The van der Waals surface area contributed by atoms with Crippen LogP contribution in [-0.4, -0.2) is 0 Å². The average molecular weight is 333 g/mol. The van der Waals surface area contributed by atoms with Crippen molar-refractivity contribution in [2.24, 2.45) is 5.73 Å². The Morgan fingerprint density at radius 2 is 1.89 bits per heavy atom. The SMILES string of the molecule is NC(c1ccc(F)c(Br)c1)c1cccc(Cl)c1F. The molecule has 0 aromatic heterocycles. The molecule has 0 aliphatic heterocycles. The minimum Gasteiger partial charge on any atom is -0.320 e. The zero-order valence-electron chi connectivity index (χ0n) is 9.13. The van der Waals surface area contributed by atoms with Crippen LogP contribution in [0.15, 0.2) is 40.9 Å². The summed E-state index contributed by atoms with van der Waals surface area (Å²) in [5.41, 5.74) is 6.84. The molecule has 1 atom stereocenters. The van der Waals surface area contributed by atoms with E-state index >= 15 is 0 Å². The quantitative estimate of drug-likeness (QED) is 0.865. The number of rotatable bonds is 2. The molecule has 2 N–H and O–H groups in total. The normalized spacial score (nSPS) is 12.5. The zero-order chi connectivity index (χ0) is 13.3. The number of hydrogen-bond acceptors (Lipinski definition) is 1. The lowest BCUT2D eigenvalue weighted by atomic mass is 9.99. The highest BCUT2D eigenvalue weighted by Crippen LogP contribution is 2.28. The van der Waals surface area contributed by atoms with Gasteiger partial charge in [-0.25, -0.2) is 8.78 Å². The first-order valence-corrected chi connectivity index (χ1v) is 6.32. The molecule has 0 aliphatic rings. The third-order valence-electron chi connectivity index (χ3n) is 2.62. The summed E-state index contributed by atoms with van der Waals surface area (Å²) >= 11 is 8.77. The molecule has 5 heteroatoms. The molecule has 0 saturated heterocycles. The first-order chi connectivity index (χ1) is 8.50. The minimum atomic E-state index is -0.694. The molecule has 1 unspecified atom stereocenters. The summed E-state index contributed by atoms with van der Waals surface area (Å²) in [6.45, 7) is 0. The van der Waals surface area contributed by atoms with Crippen molar-refractivity contribution < 1.29 is 8.78 Å². The highest BCUT2D eigenvalue weighted by molar-refractivity contribution is 9.10. The van der Waals surface area contributed by atoms with Crippen LogP contribution in [0.3, 0.4) is 0 Å². The first kappa shape index (κ1) is 13.5. The van der Waals surface area contributed by atoms with Gasteiger partial charge in [0.1, 0.15) is 11.6 Å². The van der Waals surface area contributed by atoms with Gasteiger partial charge in [-0.1, -0.05) is 29.8 Å². The molecule has 18 heavy (non-hydrogen) atoms. The molecule has 0 saturated carbocycles. The second-order valence-electron chi connectivity index (χ2n) is 3.79. The summed E-state index contributed by atoms with van der Waals surface area (Å²) in [6, 6.07) is 8.27. The molecular weight excluding hydrogens is 324 g/mol. The van der Waals surface area contributed by atoms with Crippen LogP contribution in [0.4, 0.5) is 8.78 Å². The lowest BCUT2D eigenvalue weighted by Gasteiger charge is -2.14. The number of hydrogen-bond donors (Lipinski definition) is 1. The van der Waals surface area contributed by atoms with Gasteiger partial charge in [-0.3, -0.25) is 0 Å². The lowest BCUT2D eigenvalue weighted by Crippen LogP contribution is -2.14. The number of nitrogens with two attached hydrogens (primary N) is 1. The fraction of sp³-hybridized carbons (Fsp3) is 0.0769. The standard InChI is InChI=1S/C13H9BrClF2N/c14-9-6-7(4-5-11(9)16)13(18)8-2-1-3-10(15)12(8)17/h1-6,13H,18H2. The summed E-state index contributed by atoms with van der Waals surface area (Å²) in [6.07, 6.45) is 0. The minimum absolute atomic E-state index is 0.0177. The van der Waals surface area contributed by atoms with Crippen molar-refractivity contribution >= 4 is 27.5 Å². The molecule has 2 rings (SSSR count). The van der Waals surface area contributed by atoms with Crippen LogP contribution in [0.25, 0.3) is 0 Å². The van der Waals surface area contributed by atoms with E-state index in [1.54, 1.807) is 12.1 Å². The van der Waals surface area contributed by atoms with Crippen LogP contribution < -0.4 is 5.73 Å². The number of halogens is 4. The van der Waals surface area contributed by atoms with Crippen molar-refractivity contribution in [3.8, 4) is 0 Å². The number of benzene rings is 2. The van der Waals surface area contributed by atoms with Gasteiger partial charge in [-0.2, -0.15) is 0 Å². The molecule has 0 bridgehead atoms. The summed E-state index contributed by atoms with van der Waals surface area (Å²) < 4.78 is 27.2. The Labute approximate surface area is 117 Å². The highest BCUT2D eigenvalue weighted by atomic mass is 79.9. The third kappa shape index (κ3) is 2.55. The fourth-order valence-corrected chi connectivity index (χ4v) is 2.22. The van der Waals surface area contributed by atoms with Crippen LogP contribution in [0.1, 0.15) is 17.2 Å². The van der Waals surface area contributed by atoms with Crippen LogP contribution in [0.5, 0.6) is 0 Å². The Balaban J connectivity index is 2.44. The smallest absolute Gasteiger partial charge is 0.146 e. The Morgan fingerprint density at radius 3 is 2.56 bits per heavy atom. The van der Waals surface area contributed by atoms with Gasteiger partial charge in [0.15, 0.2) is 0 Å². The van der Waals surface area contributed by atoms with Crippen molar-refractivity contribution in [1.29, 1.82) is 0 Å². The van der Waals surface area contributed by atoms with E-state index in [1.165, 1.54) is 24.3 Å². The van der Waals surface area contributed by atoms with Gasteiger partial charge in [0.25, 0.3) is 0 Å². The van der Waals surface area contributed by atoms with E-state index in [0.717, 1.165) is 0 Å². The van der Waals surface area contributed by atoms with Crippen molar-refractivity contribution in [1.82, 2.24) is 0 Å². The second kappa shape index (κ2) is 5.34. The van der Waals surface area contributed by atoms with Gasteiger partial charge in [-0.15, -0.1) is 0 Å². The molecule has 0 amide bonds. The van der Waals surface area contributed by atoms with Crippen molar-refractivity contribution in [2.45, 2.75) is 6.04 Å². The van der Waals surface area contributed by atoms with E-state index in [-0.39, 0.29) is 15.1 Å². The second-order valence-corrected chi connectivity index (χ2v) is 5.06. The summed E-state index contributed by atoms with van der Waals surface area (Å²) in [7, 11) is 0. The van der Waals surface area contributed by atoms with Crippen LogP contribution in [0, 0.1) is 11.6 Å². The Morgan fingerprint density at radius 1 is 1.17 bits per heavy atom.